The number of aryl methyl sites for hydroxylation is 1. The van der Waals surface area contributed by atoms with E-state index in [1.165, 1.54) is 11.1 Å². The minimum absolute atomic E-state index is 0.496. The molecule has 1 aromatic carbocycles. The van der Waals surface area contributed by atoms with Crippen molar-refractivity contribution in [1.82, 2.24) is 5.32 Å². The molecule has 0 amide bonds. The minimum Gasteiger partial charge on any atom is -0.389 e. The Labute approximate surface area is 124 Å². The molecule has 0 unspecified atom stereocenters. The van der Waals surface area contributed by atoms with Gasteiger partial charge in [0.15, 0.2) is 0 Å². The van der Waals surface area contributed by atoms with Gasteiger partial charge in [-0.05, 0) is 55.7 Å². The van der Waals surface area contributed by atoms with Gasteiger partial charge in [0, 0.05) is 17.6 Å². The molecule has 1 fully saturated rings. The highest BCUT2D eigenvalue weighted by atomic mass is 79.9. The summed E-state index contributed by atoms with van der Waals surface area (Å²) in [6.45, 7) is 5.86. The summed E-state index contributed by atoms with van der Waals surface area (Å²) in [4.78, 5) is 0. The Morgan fingerprint density at radius 3 is 2.68 bits per heavy atom. The third-order valence-corrected chi connectivity index (χ3v) is 4.92. The van der Waals surface area contributed by atoms with Crippen LogP contribution < -0.4 is 5.32 Å². The molecule has 0 saturated heterocycles. The Morgan fingerprint density at radius 2 is 2.05 bits per heavy atom. The van der Waals surface area contributed by atoms with E-state index in [0.29, 0.717) is 6.54 Å². The van der Waals surface area contributed by atoms with Gasteiger partial charge < -0.3 is 10.4 Å². The molecular formula is C16H24BrNO. The predicted octanol–water partition coefficient (Wildman–Crippen LogP) is 3.79. The number of halogens is 1. The lowest BCUT2D eigenvalue weighted by Crippen LogP contribution is -2.43. The largest absolute Gasteiger partial charge is 0.389 e. The summed E-state index contributed by atoms with van der Waals surface area (Å²) in [5.74, 6) is 0.770. The molecule has 0 bridgehead atoms. The van der Waals surface area contributed by atoms with Crippen LogP contribution in [0.3, 0.4) is 0 Å². The van der Waals surface area contributed by atoms with E-state index in [4.69, 9.17) is 0 Å². The fourth-order valence-corrected chi connectivity index (χ4v) is 3.34. The van der Waals surface area contributed by atoms with Gasteiger partial charge in [0.25, 0.3) is 0 Å². The predicted molar refractivity (Wildman–Crippen MR) is 83.2 cm³/mol. The monoisotopic (exact) mass is 325 g/mol. The van der Waals surface area contributed by atoms with E-state index in [2.05, 4.69) is 53.3 Å². The molecule has 0 heterocycles. The number of rotatable bonds is 4. The Bertz CT molecular complexity index is 425. The zero-order valence-corrected chi connectivity index (χ0v) is 13.5. The van der Waals surface area contributed by atoms with Crippen LogP contribution in [0.4, 0.5) is 0 Å². The Morgan fingerprint density at radius 1 is 1.37 bits per heavy atom. The summed E-state index contributed by atoms with van der Waals surface area (Å²) < 4.78 is 1.14. The van der Waals surface area contributed by atoms with E-state index in [-0.39, 0.29) is 0 Å². The van der Waals surface area contributed by atoms with Crippen LogP contribution in [0.5, 0.6) is 0 Å². The Hall–Kier alpha value is -0.380. The van der Waals surface area contributed by atoms with Crippen LogP contribution in [0.15, 0.2) is 22.7 Å². The molecule has 0 atom stereocenters. The molecule has 0 aliphatic heterocycles. The zero-order valence-electron chi connectivity index (χ0n) is 11.9. The molecule has 0 radical (unpaired) electrons. The van der Waals surface area contributed by atoms with Crippen molar-refractivity contribution in [1.29, 1.82) is 0 Å². The van der Waals surface area contributed by atoms with Crippen LogP contribution in [0.25, 0.3) is 0 Å². The molecule has 1 saturated carbocycles. The van der Waals surface area contributed by atoms with Crippen LogP contribution in [-0.2, 0) is 6.54 Å². The maximum atomic E-state index is 10.5. The normalized spacial score (nSPS) is 27.5. The third-order valence-electron chi connectivity index (χ3n) is 4.18. The van der Waals surface area contributed by atoms with Gasteiger partial charge in [-0.3, -0.25) is 0 Å². The average Bonchev–Trinajstić information content (AvgIpc) is 2.36. The summed E-state index contributed by atoms with van der Waals surface area (Å²) in [7, 11) is 0. The van der Waals surface area contributed by atoms with Gasteiger partial charge in [0.1, 0.15) is 0 Å². The molecule has 2 rings (SSSR count). The highest BCUT2D eigenvalue weighted by Gasteiger charge is 2.31. The summed E-state index contributed by atoms with van der Waals surface area (Å²) in [5, 5.41) is 13.9. The first kappa shape index (κ1) is 15.0. The van der Waals surface area contributed by atoms with Crippen molar-refractivity contribution < 1.29 is 5.11 Å². The lowest BCUT2D eigenvalue weighted by Gasteiger charge is -2.35. The van der Waals surface area contributed by atoms with Gasteiger partial charge in [-0.15, -0.1) is 0 Å². The summed E-state index contributed by atoms with van der Waals surface area (Å²) in [6, 6.07) is 6.40. The molecule has 106 valence electrons. The molecular weight excluding hydrogens is 302 g/mol. The van der Waals surface area contributed by atoms with E-state index >= 15 is 0 Å². The van der Waals surface area contributed by atoms with Gasteiger partial charge in [0.2, 0.25) is 0 Å². The summed E-state index contributed by atoms with van der Waals surface area (Å²) in [5.41, 5.74) is 2.01. The zero-order chi connectivity index (χ0) is 13.9. The minimum atomic E-state index is -0.496. The quantitative estimate of drug-likeness (QED) is 0.882. The second-order valence-electron chi connectivity index (χ2n) is 6.11. The first-order valence-corrected chi connectivity index (χ1v) is 7.96. The molecule has 2 N–H and O–H groups in total. The van der Waals surface area contributed by atoms with Crippen LogP contribution in [0.1, 0.15) is 43.7 Å². The van der Waals surface area contributed by atoms with E-state index < -0.39 is 5.60 Å². The molecule has 19 heavy (non-hydrogen) atoms. The lowest BCUT2D eigenvalue weighted by atomic mass is 9.79. The molecule has 1 aliphatic carbocycles. The Balaban J connectivity index is 1.83. The van der Waals surface area contributed by atoms with E-state index in [1.54, 1.807) is 0 Å². The van der Waals surface area contributed by atoms with E-state index in [1.807, 2.05) is 0 Å². The van der Waals surface area contributed by atoms with Crippen molar-refractivity contribution in [3.63, 3.8) is 0 Å². The number of aliphatic hydroxyl groups is 1. The fraction of sp³-hybridized carbons (Fsp3) is 0.625. The second kappa shape index (κ2) is 6.38. The molecule has 2 nitrogen and oxygen atoms in total. The fourth-order valence-electron chi connectivity index (χ4n) is 2.70. The first-order valence-electron chi connectivity index (χ1n) is 7.17. The average molecular weight is 326 g/mol. The maximum Gasteiger partial charge on any atom is 0.0771 e. The number of benzene rings is 1. The number of nitrogens with one attached hydrogen (secondary N) is 1. The van der Waals surface area contributed by atoms with Crippen molar-refractivity contribution in [3.8, 4) is 0 Å². The topological polar surface area (TPSA) is 32.3 Å². The highest BCUT2D eigenvalue weighted by Crippen LogP contribution is 2.31. The summed E-state index contributed by atoms with van der Waals surface area (Å²) in [6.07, 6.45) is 4.14. The SMILES string of the molecule is Cc1ccc(CNCC2(O)CCC(C)CC2)c(Br)c1. The lowest BCUT2D eigenvalue weighted by molar-refractivity contribution is -0.00631. The smallest absolute Gasteiger partial charge is 0.0771 e. The van der Waals surface area contributed by atoms with Gasteiger partial charge in [-0.1, -0.05) is 35.0 Å². The molecule has 1 aliphatic rings. The first-order chi connectivity index (χ1) is 8.98. The van der Waals surface area contributed by atoms with Crippen molar-refractivity contribution in [3.05, 3.63) is 33.8 Å². The van der Waals surface area contributed by atoms with Gasteiger partial charge >= 0.3 is 0 Å². The Kier molecular flexibility index (Phi) is 5.04. The molecule has 3 heteroatoms. The summed E-state index contributed by atoms with van der Waals surface area (Å²) >= 11 is 3.59. The van der Waals surface area contributed by atoms with Crippen molar-refractivity contribution in [2.24, 2.45) is 5.92 Å². The highest BCUT2D eigenvalue weighted by molar-refractivity contribution is 9.10. The standard InChI is InChI=1S/C16H24BrNO/c1-12-5-7-16(19,8-6-12)11-18-10-14-4-3-13(2)9-15(14)17/h3-4,9,12,18-19H,5-8,10-11H2,1-2H3. The molecule has 1 aromatic rings. The van der Waals surface area contributed by atoms with Gasteiger partial charge in [-0.2, -0.15) is 0 Å². The van der Waals surface area contributed by atoms with Crippen LogP contribution >= 0.6 is 15.9 Å². The molecule has 0 spiro atoms. The maximum absolute atomic E-state index is 10.5. The second-order valence-corrected chi connectivity index (χ2v) is 6.96. The van der Waals surface area contributed by atoms with Gasteiger partial charge in [-0.25, -0.2) is 0 Å². The molecule has 0 aromatic heterocycles. The van der Waals surface area contributed by atoms with Crippen LogP contribution in [0.2, 0.25) is 0 Å². The van der Waals surface area contributed by atoms with Crippen molar-refractivity contribution >= 4 is 15.9 Å². The van der Waals surface area contributed by atoms with E-state index in [0.717, 1.165) is 42.6 Å². The van der Waals surface area contributed by atoms with Crippen LogP contribution in [0, 0.1) is 12.8 Å². The van der Waals surface area contributed by atoms with Crippen molar-refractivity contribution in [2.45, 2.75) is 51.7 Å². The van der Waals surface area contributed by atoms with Crippen molar-refractivity contribution in [2.75, 3.05) is 6.54 Å². The van der Waals surface area contributed by atoms with E-state index in [9.17, 15) is 5.11 Å². The number of hydrogen-bond donors (Lipinski definition) is 2. The number of hydrogen-bond acceptors (Lipinski definition) is 2. The van der Waals surface area contributed by atoms with Crippen LogP contribution in [-0.4, -0.2) is 17.3 Å². The van der Waals surface area contributed by atoms with Gasteiger partial charge in [0.05, 0.1) is 5.60 Å². The third kappa shape index (κ3) is 4.30.